The van der Waals surface area contributed by atoms with E-state index in [0.29, 0.717) is 5.56 Å². The van der Waals surface area contributed by atoms with Crippen LogP contribution in [0.4, 0.5) is 28.9 Å². The van der Waals surface area contributed by atoms with Gasteiger partial charge in [-0.25, -0.2) is 4.39 Å². The molecule has 1 N–H and O–H groups in total. The molecule has 1 fully saturated rings. The lowest BCUT2D eigenvalue weighted by Crippen LogP contribution is -2.29. The number of carbonyl (C=O) groups excluding carboxylic acids is 2. The zero-order valence-corrected chi connectivity index (χ0v) is 19.6. The maximum absolute atomic E-state index is 13.8. The number of aryl methyl sites for hydroxylation is 1. The van der Waals surface area contributed by atoms with Gasteiger partial charge in [-0.05, 0) is 72.6 Å². The van der Waals surface area contributed by atoms with E-state index in [0.717, 1.165) is 40.9 Å². The molecule has 0 aromatic heterocycles. The Bertz CT molecular complexity index is 1360. The number of ketones is 1. The second-order valence-electron chi connectivity index (χ2n) is 8.66. The van der Waals surface area contributed by atoms with Gasteiger partial charge in [0, 0.05) is 31.0 Å². The standard InChI is InChI=1S/C27H22F4N2O3/c1-15-14-17(6-13-21(15)28)24(34)22-23(16-4-9-19(10-5-16)32(2)3)33(26(36)25(22)35)20-11-7-18(8-12-20)27(29,30)31/h4-14,23,34H,1-3H3/b24-22-. The number of aliphatic hydroxyl groups is 1. The summed E-state index contributed by atoms with van der Waals surface area (Å²) in [7, 11) is 3.67. The van der Waals surface area contributed by atoms with Crippen LogP contribution in [0, 0.1) is 12.7 Å². The summed E-state index contributed by atoms with van der Waals surface area (Å²) >= 11 is 0. The fourth-order valence-electron chi connectivity index (χ4n) is 4.13. The van der Waals surface area contributed by atoms with E-state index in [9.17, 15) is 32.3 Å². The smallest absolute Gasteiger partial charge is 0.416 e. The van der Waals surface area contributed by atoms with Gasteiger partial charge in [0.05, 0.1) is 17.2 Å². The van der Waals surface area contributed by atoms with Crippen LogP contribution < -0.4 is 9.80 Å². The number of rotatable bonds is 4. The first-order valence-corrected chi connectivity index (χ1v) is 10.9. The average Bonchev–Trinajstić information content (AvgIpc) is 3.10. The summed E-state index contributed by atoms with van der Waals surface area (Å²) in [5.41, 5.74) is 0.553. The van der Waals surface area contributed by atoms with Crippen LogP contribution in [-0.4, -0.2) is 30.9 Å². The molecule has 3 aromatic carbocycles. The molecule has 1 unspecified atom stereocenters. The minimum absolute atomic E-state index is 0.0566. The van der Waals surface area contributed by atoms with Gasteiger partial charge in [0.15, 0.2) is 0 Å². The van der Waals surface area contributed by atoms with Crippen LogP contribution in [0.25, 0.3) is 5.76 Å². The molecule has 9 heteroatoms. The van der Waals surface area contributed by atoms with Crippen molar-refractivity contribution < 1.29 is 32.3 Å². The number of hydrogen-bond donors (Lipinski definition) is 1. The summed E-state index contributed by atoms with van der Waals surface area (Å²) in [5, 5.41) is 11.1. The monoisotopic (exact) mass is 498 g/mol. The number of aliphatic hydroxyl groups excluding tert-OH is 1. The predicted molar refractivity (Wildman–Crippen MR) is 128 cm³/mol. The molecule has 1 saturated heterocycles. The third-order valence-corrected chi connectivity index (χ3v) is 6.07. The Kier molecular flexibility index (Phi) is 6.34. The minimum Gasteiger partial charge on any atom is -0.507 e. The van der Waals surface area contributed by atoms with E-state index in [2.05, 4.69) is 0 Å². The van der Waals surface area contributed by atoms with Crippen LogP contribution in [0.5, 0.6) is 0 Å². The highest BCUT2D eigenvalue weighted by Gasteiger charge is 2.47. The largest absolute Gasteiger partial charge is 0.507 e. The summed E-state index contributed by atoms with van der Waals surface area (Å²) in [6.45, 7) is 1.49. The van der Waals surface area contributed by atoms with Crippen molar-refractivity contribution in [3.05, 3.63) is 100 Å². The first-order valence-electron chi connectivity index (χ1n) is 10.9. The fraction of sp³-hybridized carbons (Fsp3) is 0.185. The second-order valence-corrected chi connectivity index (χ2v) is 8.66. The highest BCUT2D eigenvalue weighted by Crippen LogP contribution is 2.43. The molecule has 4 rings (SSSR count). The van der Waals surface area contributed by atoms with E-state index in [1.807, 2.05) is 19.0 Å². The average molecular weight is 498 g/mol. The van der Waals surface area contributed by atoms with Crippen LogP contribution in [0.2, 0.25) is 0 Å². The van der Waals surface area contributed by atoms with Crippen molar-refractivity contribution >= 4 is 28.8 Å². The number of hydrogen-bond acceptors (Lipinski definition) is 4. The van der Waals surface area contributed by atoms with Gasteiger partial charge in [-0.2, -0.15) is 13.2 Å². The molecule has 1 aliphatic rings. The van der Waals surface area contributed by atoms with Gasteiger partial charge < -0.3 is 10.0 Å². The van der Waals surface area contributed by atoms with Crippen molar-refractivity contribution in [3.63, 3.8) is 0 Å². The third kappa shape index (κ3) is 4.44. The zero-order chi connectivity index (χ0) is 26.4. The van der Waals surface area contributed by atoms with Gasteiger partial charge in [0.2, 0.25) is 0 Å². The van der Waals surface area contributed by atoms with Crippen LogP contribution in [0.15, 0.2) is 72.3 Å². The third-order valence-electron chi connectivity index (χ3n) is 6.07. The van der Waals surface area contributed by atoms with Crippen LogP contribution >= 0.6 is 0 Å². The quantitative estimate of drug-likeness (QED) is 0.212. The molecular formula is C27H22F4N2O3. The fourth-order valence-corrected chi connectivity index (χ4v) is 4.13. The Morgan fingerprint density at radius 1 is 0.944 bits per heavy atom. The number of amides is 1. The normalized spacial score (nSPS) is 17.5. The number of halogens is 4. The van der Waals surface area contributed by atoms with Gasteiger partial charge in [-0.1, -0.05) is 12.1 Å². The first kappa shape index (κ1) is 25.0. The summed E-state index contributed by atoms with van der Waals surface area (Å²) in [5.74, 6) is -3.02. The van der Waals surface area contributed by atoms with Crippen molar-refractivity contribution in [3.8, 4) is 0 Å². The molecule has 0 bridgehead atoms. The zero-order valence-electron chi connectivity index (χ0n) is 19.6. The second kappa shape index (κ2) is 9.14. The highest BCUT2D eigenvalue weighted by atomic mass is 19.4. The summed E-state index contributed by atoms with van der Waals surface area (Å²) < 4.78 is 53.1. The number of carbonyl (C=O) groups is 2. The van der Waals surface area contributed by atoms with Crippen molar-refractivity contribution in [1.82, 2.24) is 0 Å². The predicted octanol–water partition coefficient (Wildman–Crippen LogP) is 5.85. The van der Waals surface area contributed by atoms with Crippen molar-refractivity contribution in [2.75, 3.05) is 23.9 Å². The highest BCUT2D eigenvalue weighted by molar-refractivity contribution is 6.51. The van der Waals surface area contributed by atoms with Gasteiger partial charge in [0.1, 0.15) is 11.6 Å². The SMILES string of the molecule is Cc1cc(/C(O)=C2/C(=O)C(=O)N(c3ccc(C(F)(F)F)cc3)C2c2ccc(N(C)C)cc2)ccc1F. The molecule has 0 aliphatic carbocycles. The molecule has 0 radical (unpaired) electrons. The molecule has 1 aliphatic heterocycles. The lowest BCUT2D eigenvalue weighted by Gasteiger charge is -2.26. The van der Waals surface area contributed by atoms with Crippen molar-refractivity contribution in [2.24, 2.45) is 0 Å². The van der Waals surface area contributed by atoms with Crippen LogP contribution in [0.3, 0.4) is 0 Å². The Labute approximate surface area is 204 Å². The maximum Gasteiger partial charge on any atom is 0.416 e. The number of anilines is 2. The Morgan fingerprint density at radius 3 is 2.08 bits per heavy atom. The number of alkyl halides is 3. The van der Waals surface area contributed by atoms with Gasteiger partial charge in [-0.3, -0.25) is 14.5 Å². The molecule has 0 saturated carbocycles. The van der Waals surface area contributed by atoms with E-state index < -0.39 is 41.0 Å². The number of benzene rings is 3. The molecule has 1 amide bonds. The summed E-state index contributed by atoms with van der Waals surface area (Å²) in [4.78, 5) is 29.2. The lowest BCUT2D eigenvalue weighted by molar-refractivity contribution is -0.137. The van der Waals surface area contributed by atoms with E-state index in [1.165, 1.54) is 19.1 Å². The molecule has 0 spiro atoms. The topological polar surface area (TPSA) is 60.9 Å². The van der Waals surface area contributed by atoms with E-state index >= 15 is 0 Å². The maximum atomic E-state index is 13.8. The summed E-state index contributed by atoms with van der Waals surface area (Å²) in [6.07, 6.45) is -4.57. The number of Topliss-reactive ketones (excluding diaryl/α,β-unsaturated/α-hetero) is 1. The van der Waals surface area contributed by atoms with E-state index in [1.54, 1.807) is 24.3 Å². The molecule has 3 aromatic rings. The van der Waals surface area contributed by atoms with E-state index in [-0.39, 0.29) is 22.4 Å². The van der Waals surface area contributed by atoms with Gasteiger partial charge in [-0.15, -0.1) is 0 Å². The van der Waals surface area contributed by atoms with E-state index in [4.69, 9.17) is 0 Å². The Balaban J connectivity index is 1.91. The van der Waals surface area contributed by atoms with Crippen LogP contribution in [-0.2, 0) is 15.8 Å². The van der Waals surface area contributed by atoms with Crippen molar-refractivity contribution in [1.29, 1.82) is 0 Å². The lowest BCUT2D eigenvalue weighted by atomic mass is 9.94. The van der Waals surface area contributed by atoms with Crippen LogP contribution in [0.1, 0.15) is 28.3 Å². The molecule has 1 heterocycles. The first-order chi connectivity index (χ1) is 16.9. The molecule has 186 valence electrons. The molecule has 1 atom stereocenters. The Morgan fingerprint density at radius 2 is 1.56 bits per heavy atom. The number of nitrogens with zero attached hydrogens (tertiary/aromatic N) is 2. The summed E-state index contributed by atoms with van der Waals surface area (Å²) in [6, 6.07) is 13.4. The molecule has 36 heavy (non-hydrogen) atoms. The van der Waals surface area contributed by atoms with Gasteiger partial charge in [0.25, 0.3) is 11.7 Å². The van der Waals surface area contributed by atoms with Gasteiger partial charge >= 0.3 is 6.18 Å². The minimum atomic E-state index is -4.57. The van der Waals surface area contributed by atoms with Crippen molar-refractivity contribution in [2.45, 2.75) is 19.1 Å². The molecule has 5 nitrogen and oxygen atoms in total. The Hall–Kier alpha value is -4.14. The molecular weight excluding hydrogens is 476 g/mol.